The van der Waals surface area contributed by atoms with Crippen LogP contribution in [0.1, 0.15) is 17.7 Å². The summed E-state index contributed by atoms with van der Waals surface area (Å²) in [6.07, 6.45) is 3.27. The maximum absolute atomic E-state index is 14.7. The van der Waals surface area contributed by atoms with Crippen LogP contribution in [0.3, 0.4) is 0 Å². The van der Waals surface area contributed by atoms with Crippen LogP contribution >= 0.6 is 0 Å². The first-order chi connectivity index (χ1) is 13.1. The second-order valence-electron chi connectivity index (χ2n) is 5.79. The van der Waals surface area contributed by atoms with Crippen molar-refractivity contribution in [3.8, 4) is 11.6 Å². The summed E-state index contributed by atoms with van der Waals surface area (Å²) in [5.41, 5.74) is 7.71. The number of fused-ring (bicyclic) bond motifs is 1. The zero-order valence-corrected chi connectivity index (χ0v) is 15.0. The molecular weight excluding hydrogens is 353 g/mol. The van der Waals surface area contributed by atoms with Crippen molar-refractivity contribution in [3.05, 3.63) is 41.6 Å². The number of aromatic nitrogens is 3. The molecule has 0 aliphatic carbocycles. The lowest BCUT2D eigenvalue weighted by atomic mass is 10.2. The third kappa shape index (κ3) is 4.32. The molecule has 3 N–H and O–H groups in total. The number of aromatic amines is 1. The molecule has 0 unspecified atom stereocenters. The fourth-order valence-corrected chi connectivity index (χ4v) is 2.48. The predicted octanol–water partition coefficient (Wildman–Crippen LogP) is 3.17. The summed E-state index contributed by atoms with van der Waals surface area (Å²) < 4.78 is 25.3. The number of benzene rings is 1. The van der Waals surface area contributed by atoms with Gasteiger partial charge in [0.05, 0.1) is 6.21 Å². The van der Waals surface area contributed by atoms with Crippen LogP contribution in [0.4, 0.5) is 10.2 Å². The minimum atomic E-state index is -0.493. The fraction of sp³-hybridized carbons (Fsp3) is 0.278. The van der Waals surface area contributed by atoms with Crippen LogP contribution in [-0.2, 0) is 9.57 Å². The number of aryl methyl sites for hydroxylation is 1. The molecule has 0 saturated carbocycles. The number of oxime groups is 1. The molecule has 1 aromatic carbocycles. The molecule has 0 amide bonds. The molecule has 0 saturated heterocycles. The average Bonchev–Trinajstić information content (AvgIpc) is 3.03. The number of nitrogens with one attached hydrogen (secondary N) is 1. The highest BCUT2D eigenvalue weighted by molar-refractivity contribution is 5.88. The summed E-state index contributed by atoms with van der Waals surface area (Å²) in [5.74, 6) is -0.247. The van der Waals surface area contributed by atoms with Crippen molar-refractivity contribution in [2.24, 2.45) is 5.16 Å². The standard InChI is InChI=1S/C18H20FN5O3/c1-11-8-12-14(24-11)4-5-15(16(12)19)27-18-13(17(20)21-10-22-18)9-23-26-7-3-6-25-2/h4-5,8-10,24H,3,6-7H2,1-2H3,(H2,20,21,22)/b23-9+. The molecule has 0 bridgehead atoms. The lowest BCUT2D eigenvalue weighted by Gasteiger charge is -2.09. The second-order valence-corrected chi connectivity index (χ2v) is 5.79. The highest BCUT2D eigenvalue weighted by Crippen LogP contribution is 2.31. The molecule has 3 rings (SSSR count). The van der Waals surface area contributed by atoms with Crippen molar-refractivity contribution < 1.29 is 18.7 Å². The summed E-state index contributed by atoms with van der Waals surface area (Å²) in [6.45, 7) is 2.80. The third-order valence-electron chi connectivity index (χ3n) is 3.76. The van der Waals surface area contributed by atoms with Gasteiger partial charge in [0.2, 0.25) is 5.88 Å². The van der Waals surface area contributed by atoms with E-state index in [2.05, 4.69) is 20.1 Å². The average molecular weight is 373 g/mol. The Balaban J connectivity index is 1.82. The Morgan fingerprint density at radius 3 is 2.96 bits per heavy atom. The number of nitrogens with two attached hydrogens (primary N) is 1. The van der Waals surface area contributed by atoms with Gasteiger partial charge in [0.25, 0.3) is 0 Å². The van der Waals surface area contributed by atoms with Crippen LogP contribution in [0.15, 0.2) is 29.7 Å². The number of H-pyrrole nitrogens is 1. The van der Waals surface area contributed by atoms with E-state index in [9.17, 15) is 4.39 Å². The van der Waals surface area contributed by atoms with E-state index in [1.54, 1.807) is 19.2 Å². The molecule has 27 heavy (non-hydrogen) atoms. The molecule has 0 spiro atoms. The molecule has 9 heteroatoms. The lowest BCUT2D eigenvalue weighted by molar-refractivity contribution is 0.110. The second kappa shape index (κ2) is 8.45. The highest BCUT2D eigenvalue weighted by Gasteiger charge is 2.15. The van der Waals surface area contributed by atoms with Gasteiger partial charge < -0.3 is 25.0 Å². The van der Waals surface area contributed by atoms with Gasteiger partial charge in [-0.1, -0.05) is 5.16 Å². The van der Waals surface area contributed by atoms with Crippen LogP contribution in [0, 0.1) is 12.7 Å². The molecule has 0 aliphatic heterocycles. The van der Waals surface area contributed by atoms with Crippen molar-refractivity contribution in [1.29, 1.82) is 0 Å². The topological polar surface area (TPSA) is 108 Å². The van der Waals surface area contributed by atoms with Crippen molar-refractivity contribution in [1.82, 2.24) is 15.0 Å². The van der Waals surface area contributed by atoms with Gasteiger partial charge in [-0.25, -0.2) is 14.4 Å². The third-order valence-corrected chi connectivity index (χ3v) is 3.76. The number of nitrogen functional groups attached to an aromatic ring is 1. The summed E-state index contributed by atoms with van der Waals surface area (Å²) in [4.78, 5) is 16.1. The van der Waals surface area contributed by atoms with Gasteiger partial charge in [0.15, 0.2) is 11.6 Å². The first kappa shape index (κ1) is 18.6. The van der Waals surface area contributed by atoms with Crippen molar-refractivity contribution in [2.75, 3.05) is 26.1 Å². The van der Waals surface area contributed by atoms with Crippen LogP contribution in [-0.4, -0.2) is 41.5 Å². The zero-order valence-electron chi connectivity index (χ0n) is 15.0. The summed E-state index contributed by atoms with van der Waals surface area (Å²) in [7, 11) is 1.61. The number of nitrogens with zero attached hydrogens (tertiary/aromatic N) is 3. The van der Waals surface area contributed by atoms with Gasteiger partial charge in [-0.05, 0) is 25.1 Å². The molecule has 3 aromatic rings. The first-order valence-corrected chi connectivity index (χ1v) is 8.30. The van der Waals surface area contributed by atoms with E-state index in [0.717, 1.165) is 5.69 Å². The quantitative estimate of drug-likeness (QED) is 0.357. The van der Waals surface area contributed by atoms with E-state index in [4.69, 9.17) is 20.0 Å². The predicted molar refractivity (Wildman–Crippen MR) is 99.6 cm³/mol. The van der Waals surface area contributed by atoms with Gasteiger partial charge >= 0.3 is 0 Å². The number of hydrogen-bond acceptors (Lipinski definition) is 7. The molecule has 8 nitrogen and oxygen atoms in total. The SMILES string of the molecule is COCCCO/N=C/c1c(N)ncnc1Oc1ccc2[nH]c(C)cc2c1F. The van der Waals surface area contributed by atoms with Gasteiger partial charge in [0, 0.05) is 36.7 Å². The van der Waals surface area contributed by atoms with Crippen LogP contribution in [0.5, 0.6) is 11.6 Å². The molecule has 2 heterocycles. The maximum atomic E-state index is 14.7. The monoisotopic (exact) mass is 373 g/mol. The van der Waals surface area contributed by atoms with E-state index in [1.165, 1.54) is 18.6 Å². The normalized spacial score (nSPS) is 11.4. The van der Waals surface area contributed by atoms with Crippen LogP contribution < -0.4 is 10.5 Å². The van der Waals surface area contributed by atoms with Crippen molar-refractivity contribution in [2.45, 2.75) is 13.3 Å². The van der Waals surface area contributed by atoms with Crippen LogP contribution in [0.2, 0.25) is 0 Å². The number of hydrogen-bond donors (Lipinski definition) is 2. The fourth-order valence-electron chi connectivity index (χ4n) is 2.48. The first-order valence-electron chi connectivity index (χ1n) is 8.30. The van der Waals surface area contributed by atoms with E-state index < -0.39 is 5.82 Å². The molecule has 0 atom stereocenters. The smallest absolute Gasteiger partial charge is 0.233 e. The highest BCUT2D eigenvalue weighted by atomic mass is 19.1. The number of ether oxygens (including phenoxy) is 2. The Morgan fingerprint density at radius 1 is 1.30 bits per heavy atom. The van der Waals surface area contributed by atoms with E-state index in [0.29, 0.717) is 36.1 Å². The van der Waals surface area contributed by atoms with Gasteiger partial charge in [-0.2, -0.15) is 0 Å². The molecule has 0 radical (unpaired) electrons. The Hall–Kier alpha value is -3.20. The molecule has 142 valence electrons. The van der Waals surface area contributed by atoms with Gasteiger partial charge in [-0.3, -0.25) is 0 Å². The Kier molecular flexibility index (Phi) is 5.82. The van der Waals surface area contributed by atoms with Gasteiger partial charge in [0.1, 0.15) is 24.3 Å². The number of rotatable bonds is 8. The van der Waals surface area contributed by atoms with Crippen molar-refractivity contribution >= 4 is 22.9 Å². The van der Waals surface area contributed by atoms with E-state index in [-0.39, 0.29) is 17.4 Å². The number of methoxy groups -OCH3 is 1. The Labute approximate surface area is 155 Å². The minimum absolute atomic E-state index is 0.0234. The molecule has 2 aromatic heterocycles. The largest absolute Gasteiger partial charge is 0.435 e. The number of anilines is 1. The van der Waals surface area contributed by atoms with E-state index >= 15 is 0 Å². The molecule has 0 aliphatic rings. The maximum Gasteiger partial charge on any atom is 0.233 e. The summed E-state index contributed by atoms with van der Waals surface area (Å²) in [6, 6.07) is 4.97. The minimum Gasteiger partial charge on any atom is -0.435 e. The van der Waals surface area contributed by atoms with Crippen LogP contribution in [0.25, 0.3) is 10.9 Å². The van der Waals surface area contributed by atoms with Crippen molar-refractivity contribution in [3.63, 3.8) is 0 Å². The summed E-state index contributed by atoms with van der Waals surface area (Å²) >= 11 is 0. The Morgan fingerprint density at radius 2 is 2.15 bits per heavy atom. The molecule has 0 fully saturated rings. The van der Waals surface area contributed by atoms with Gasteiger partial charge in [-0.15, -0.1) is 0 Å². The lowest BCUT2D eigenvalue weighted by Crippen LogP contribution is -2.03. The van der Waals surface area contributed by atoms with E-state index in [1.807, 2.05) is 6.92 Å². The summed E-state index contributed by atoms with van der Waals surface area (Å²) in [5, 5.41) is 4.27. The Bertz CT molecular complexity index is 958. The zero-order chi connectivity index (χ0) is 19.2. The number of halogens is 1. The molecular formula is C18H20FN5O3.